The average molecular weight is 383 g/mol. The molecule has 28 heavy (non-hydrogen) atoms. The van der Waals surface area contributed by atoms with E-state index < -0.39 is 11.8 Å². The fraction of sp³-hybridized carbons (Fsp3) is 0.391. The van der Waals surface area contributed by atoms with Crippen LogP contribution in [0.1, 0.15) is 65.8 Å². The summed E-state index contributed by atoms with van der Waals surface area (Å²) in [6, 6.07) is 11.6. The molecule has 1 N–H and O–H groups in total. The highest BCUT2D eigenvalue weighted by molar-refractivity contribution is 6.15. The molecule has 0 radical (unpaired) electrons. The van der Waals surface area contributed by atoms with Crippen LogP contribution in [0.15, 0.2) is 42.5 Å². The average Bonchev–Trinajstić information content (AvgIpc) is 2.72. The van der Waals surface area contributed by atoms with Gasteiger partial charge in [0.25, 0.3) is 0 Å². The predicted molar refractivity (Wildman–Crippen MR) is 111 cm³/mol. The molecule has 150 valence electrons. The van der Waals surface area contributed by atoms with Gasteiger partial charge < -0.3 is 14.7 Å². The molecule has 0 amide bonds. The first-order valence-corrected chi connectivity index (χ1v) is 9.83. The summed E-state index contributed by atoms with van der Waals surface area (Å²) < 4.78 is 4.76. The summed E-state index contributed by atoms with van der Waals surface area (Å²) >= 11 is 0. The minimum Gasteiger partial charge on any atom is -0.507 e. The third-order valence-electron chi connectivity index (χ3n) is 4.73. The number of carbonyl (C=O) groups is 2. The van der Waals surface area contributed by atoms with Crippen LogP contribution in [0.2, 0.25) is 0 Å². The standard InChI is InChI=1S/C23H29NO4/c1-4-6-14-24(15-7-5-2)17-12-13-20(21(25)16-17)22(26)18-10-8-9-11-19(18)23(27)28-3/h8-13,16,25H,4-7,14-15H2,1-3H3. The maximum Gasteiger partial charge on any atom is 0.338 e. The Bertz CT molecular complexity index is 808. The Hall–Kier alpha value is -2.82. The second-order valence-corrected chi connectivity index (χ2v) is 6.76. The van der Waals surface area contributed by atoms with Crippen molar-refractivity contribution in [2.75, 3.05) is 25.1 Å². The Balaban J connectivity index is 2.33. The van der Waals surface area contributed by atoms with E-state index in [-0.39, 0.29) is 22.4 Å². The van der Waals surface area contributed by atoms with Gasteiger partial charge in [-0.15, -0.1) is 0 Å². The van der Waals surface area contributed by atoms with Crippen molar-refractivity contribution >= 4 is 17.4 Å². The van der Waals surface area contributed by atoms with E-state index in [4.69, 9.17) is 4.74 Å². The molecule has 5 heteroatoms. The Kier molecular flexibility index (Phi) is 8.05. The zero-order valence-corrected chi connectivity index (χ0v) is 16.9. The number of benzene rings is 2. The number of phenolic OH excluding ortho intramolecular Hbond substituents is 1. The molecule has 0 saturated carbocycles. The lowest BCUT2D eigenvalue weighted by Crippen LogP contribution is -2.25. The SMILES string of the molecule is CCCCN(CCCC)c1ccc(C(=O)c2ccccc2C(=O)OC)c(O)c1. The summed E-state index contributed by atoms with van der Waals surface area (Å²) in [5.41, 5.74) is 1.47. The second kappa shape index (κ2) is 10.5. The van der Waals surface area contributed by atoms with E-state index in [0.29, 0.717) is 0 Å². The molecule has 0 aliphatic rings. The van der Waals surface area contributed by atoms with Crippen LogP contribution in [-0.4, -0.2) is 37.1 Å². The molecule has 0 aromatic heterocycles. The van der Waals surface area contributed by atoms with Gasteiger partial charge in [-0.25, -0.2) is 4.79 Å². The number of nitrogens with zero attached hydrogens (tertiary/aromatic N) is 1. The molecule has 2 aromatic rings. The second-order valence-electron chi connectivity index (χ2n) is 6.76. The van der Waals surface area contributed by atoms with Gasteiger partial charge in [-0.3, -0.25) is 4.79 Å². The van der Waals surface area contributed by atoms with E-state index in [2.05, 4.69) is 18.7 Å². The molecule has 0 aliphatic carbocycles. The molecule has 0 aliphatic heterocycles. The van der Waals surface area contributed by atoms with Gasteiger partial charge in [0.1, 0.15) is 5.75 Å². The zero-order chi connectivity index (χ0) is 20.5. The van der Waals surface area contributed by atoms with Gasteiger partial charge in [0, 0.05) is 30.4 Å². The van der Waals surface area contributed by atoms with Crippen LogP contribution < -0.4 is 4.90 Å². The predicted octanol–water partition coefficient (Wildman–Crippen LogP) is 4.82. The highest BCUT2D eigenvalue weighted by Gasteiger charge is 2.21. The molecule has 2 aromatic carbocycles. The van der Waals surface area contributed by atoms with Crippen molar-refractivity contribution in [2.45, 2.75) is 39.5 Å². The van der Waals surface area contributed by atoms with E-state index >= 15 is 0 Å². The summed E-state index contributed by atoms with van der Waals surface area (Å²) in [7, 11) is 1.27. The first-order chi connectivity index (χ1) is 13.5. The van der Waals surface area contributed by atoms with E-state index in [1.54, 1.807) is 36.4 Å². The maximum absolute atomic E-state index is 13.0. The first-order valence-electron chi connectivity index (χ1n) is 9.83. The summed E-state index contributed by atoms with van der Waals surface area (Å²) in [6.45, 7) is 6.12. The zero-order valence-electron chi connectivity index (χ0n) is 16.9. The highest BCUT2D eigenvalue weighted by atomic mass is 16.5. The summed E-state index contributed by atoms with van der Waals surface area (Å²) in [5.74, 6) is -1.07. The number of unbranched alkanes of at least 4 members (excludes halogenated alkanes) is 2. The van der Waals surface area contributed by atoms with Crippen LogP contribution in [-0.2, 0) is 4.74 Å². The highest BCUT2D eigenvalue weighted by Crippen LogP contribution is 2.28. The smallest absolute Gasteiger partial charge is 0.338 e. The van der Waals surface area contributed by atoms with Gasteiger partial charge in [-0.05, 0) is 31.0 Å². The lowest BCUT2D eigenvalue weighted by Gasteiger charge is -2.25. The van der Waals surface area contributed by atoms with E-state index in [1.165, 1.54) is 7.11 Å². The molecule has 0 unspecified atom stereocenters. The first kappa shape index (κ1) is 21.5. The van der Waals surface area contributed by atoms with Crippen LogP contribution in [0.4, 0.5) is 5.69 Å². The summed E-state index contributed by atoms with van der Waals surface area (Å²) in [5, 5.41) is 10.5. The normalized spacial score (nSPS) is 10.5. The molecular formula is C23H29NO4. The fourth-order valence-corrected chi connectivity index (χ4v) is 3.09. The lowest BCUT2D eigenvalue weighted by molar-refractivity contribution is 0.0597. The number of hydrogen-bond acceptors (Lipinski definition) is 5. The molecular weight excluding hydrogens is 354 g/mol. The van der Waals surface area contributed by atoms with Crippen molar-refractivity contribution in [2.24, 2.45) is 0 Å². The van der Waals surface area contributed by atoms with Gasteiger partial charge in [0.05, 0.1) is 18.2 Å². The lowest BCUT2D eigenvalue weighted by atomic mass is 9.97. The molecule has 2 rings (SSSR count). The Labute approximate surface area is 166 Å². The third kappa shape index (κ3) is 5.12. The Morgan fingerprint density at radius 2 is 1.54 bits per heavy atom. The quantitative estimate of drug-likeness (QED) is 0.471. The number of phenols is 1. The van der Waals surface area contributed by atoms with Crippen LogP contribution in [0.25, 0.3) is 0 Å². The minimum absolute atomic E-state index is 0.0832. The number of carbonyl (C=O) groups excluding carboxylic acids is 2. The maximum atomic E-state index is 13.0. The third-order valence-corrected chi connectivity index (χ3v) is 4.73. The fourth-order valence-electron chi connectivity index (χ4n) is 3.09. The number of ether oxygens (including phenoxy) is 1. The van der Waals surface area contributed by atoms with Crippen molar-refractivity contribution in [1.29, 1.82) is 0 Å². The number of esters is 1. The molecule has 5 nitrogen and oxygen atoms in total. The Morgan fingerprint density at radius 3 is 2.07 bits per heavy atom. The van der Waals surface area contributed by atoms with Gasteiger partial charge in [0.2, 0.25) is 0 Å². The van der Waals surface area contributed by atoms with Gasteiger partial charge in [-0.2, -0.15) is 0 Å². The number of ketones is 1. The van der Waals surface area contributed by atoms with Gasteiger partial charge in [0.15, 0.2) is 5.78 Å². The van der Waals surface area contributed by atoms with Crippen molar-refractivity contribution < 1.29 is 19.4 Å². The van der Waals surface area contributed by atoms with Crippen LogP contribution >= 0.6 is 0 Å². The topological polar surface area (TPSA) is 66.8 Å². The van der Waals surface area contributed by atoms with E-state index in [0.717, 1.165) is 44.5 Å². The van der Waals surface area contributed by atoms with E-state index in [9.17, 15) is 14.7 Å². The van der Waals surface area contributed by atoms with E-state index in [1.807, 2.05) is 6.07 Å². The Morgan fingerprint density at radius 1 is 0.929 bits per heavy atom. The van der Waals surface area contributed by atoms with Crippen LogP contribution in [0.3, 0.4) is 0 Å². The number of aromatic hydroxyl groups is 1. The summed E-state index contributed by atoms with van der Waals surface area (Å²) in [4.78, 5) is 27.1. The largest absolute Gasteiger partial charge is 0.507 e. The van der Waals surface area contributed by atoms with Crippen LogP contribution in [0, 0.1) is 0 Å². The van der Waals surface area contributed by atoms with Gasteiger partial charge >= 0.3 is 5.97 Å². The van der Waals surface area contributed by atoms with Crippen molar-refractivity contribution in [3.8, 4) is 5.75 Å². The molecule has 0 heterocycles. The number of anilines is 1. The number of rotatable bonds is 10. The van der Waals surface area contributed by atoms with Crippen molar-refractivity contribution in [3.05, 3.63) is 59.2 Å². The van der Waals surface area contributed by atoms with Crippen molar-refractivity contribution in [3.63, 3.8) is 0 Å². The molecule has 0 saturated heterocycles. The molecule has 0 fully saturated rings. The van der Waals surface area contributed by atoms with Crippen LogP contribution in [0.5, 0.6) is 5.75 Å². The monoisotopic (exact) mass is 383 g/mol. The number of methoxy groups -OCH3 is 1. The molecule has 0 atom stereocenters. The van der Waals surface area contributed by atoms with Gasteiger partial charge in [-0.1, -0.05) is 44.9 Å². The molecule has 0 bridgehead atoms. The number of hydrogen-bond donors (Lipinski definition) is 1. The summed E-state index contributed by atoms with van der Waals surface area (Å²) in [6.07, 6.45) is 4.32. The van der Waals surface area contributed by atoms with Crippen molar-refractivity contribution in [1.82, 2.24) is 0 Å². The minimum atomic E-state index is -0.578. The molecule has 0 spiro atoms.